The van der Waals surface area contributed by atoms with Crippen LogP contribution in [0.25, 0.3) is 11.0 Å². The summed E-state index contributed by atoms with van der Waals surface area (Å²) in [6, 6.07) is 6.18. The molecule has 0 bridgehead atoms. The number of fused-ring (bicyclic) bond motifs is 1. The number of hydrogen-bond donors (Lipinski definition) is 0. The van der Waals surface area contributed by atoms with E-state index in [1.54, 1.807) is 0 Å². The smallest absolute Gasteiger partial charge is 0.124 e. The summed E-state index contributed by atoms with van der Waals surface area (Å²) in [5.74, 6) is 1.38. The van der Waals surface area contributed by atoms with Crippen LogP contribution >= 0.6 is 27.5 Å². The van der Waals surface area contributed by atoms with Gasteiger partial charge in [0, 0.05) is 30.0 Å². The Labute approximate surface area is 136 Å². The van der Waals surface area contributed by atoms with Gasteiger partial charge in [-0.05, 0) is 31.0 Å². The summed E-state index contributed by atoms with van der Waals surface area (Å²) in [4.78, 5) is 8.66. The largest absolute Gasteiger partial charge is 0.337 e. The second-order valence-electron chi connectivity index (χ2n) is 4.95. The maximum absolute atomic E-state index is 6.03. The molecule has 0 atom stereocenters. The normalized spacial score (nSPS) is 11.3. The van der Waals surface area contributed by atoms with Crippen LogP contribution in [-0.2, 0) is 19.0 Å². The number of hydrogen-bond acceptors (Lipinski definition) is 2. The molecule has 21 heavy (non-hydrogen) atoms. The van der Waals surface area contributed by atoms with E-state index >= 15 is 0 Å². The summed E-state index contributed by atoms with van der Waals surface area (Å²) < 4.78 is 5.37. The SMILES string of the molecule is ClCc1nc2cc(Br)ccc2n1CCCCn1ccnc1. The molecule has 2 aromatic heterocycles. The van der Waals surface area contributed by atoms with Crippen molar-refractivity contribution in [2.75, 3.05) is 0 Å². The van der Waals surface area contributed by atoms with Gasteiger partial charge in [0.2, 0.25) is 0 Å². The van der Waals surface area contributed by atoms with Gasteiger partial charge in [0.1, 0.15) is 5.82 Å². The Morgan fingerprint density at radius 3 is 2.81 bits per heavy atom. The van der Waals surface area contributed by atoms with Crippen molar-refractivity contribution < 1.29 is 0 Å². The van der Waals surface area contributed by atoms with Crippen LogP contribution in [0.3, 0.4) is 0 Å². The maximum atomic E-state index is 6.03. The fraction of sp³-hybridized carbons (Fsp3) is 0.333. The lowest BCUT2D eigenvalue weighted by Gasteiger charge is -2.08. The van der Waals surface area contributed by atoms with Crippen LogP contribution in [0, 0.1) is 0 Å². The number of halogens is 2. The second-order valence-corrected chi connectivity index (χ2v) is 6.14. The fourth-order valence-corrected chi connectivity index (χ4v) is 3.04. The van der Waals surface area contributed by atoms with Crippen molar-refractivity contribution in [1.29, 1.82) is 0 Å². The van der Waals surface area contributed by atoms with Gasteiger partial charge < -0.3 is 9.13 Å². The second kappa shape index (κ2) is 6.62. The van der Waals surface area contributed by atoms with Crippen LogP contribution in [0.2, 0.25) is 0 Å². The predicted molar refractivity (Wildman–Crippen MR) is 88.5 cm³/mol. The zero-order valence-electron chi connectivity index (χ0n) is 11.5. The Bertz CT molecular complexity index is 721. The molecule has 6 heteroatoms. The van der Waals surface area contributed by atoms with E-state index in [4.69, 9.17) is 11.6 Å². The van der Waals surface area contributed by atoms with E-state index < -0.39 is 0 Å². The minimum absolute atomic E-state index is 0.438. The van der Waals surface area contributed by atoms with Gasteiger partial charge in [0.25, 0.3) is 0 Å². The van der Waals surface area contributed by atoms with Gasteiger partial charge in [-0.2, -0.15) is 0 Å². The molecule has 0 amide bonds. The van der Waals surface area contributed by atoms with Crippen molar-refractivity contribution in [2.45, 2.75) is 31.8 Å². The zero-order valence-corrected chi connectivity index (χ0v) is 13.9. The summed E-state index contributed by atoms with van der Waals surface area (Å²) in [6.07, 6.45) is 7.85. The molecule has 1 aromatic carbocycles. The van der Waals surface area contributed by atoms with Crippen LogP contribution in [0.5, 0.6) is 0 Å². The highest BCUT2D eigenvalue weighted by molar-refractivity contribution is 9.10. The van der Waals surface area contributed by atoms with Crippen LogP contribution in [0.4, 0.5) is 0 Å². The first kappa shape index (κ1) is 14.6. The van der Waals surface area contributed by atoms with Crippen molar-refractivity contribution in [3.63, 3.8) is 0 Å². The standard InChI is InChI=1S/C15H16BrClN4/c16-12-3-4-14-13(9-12)19-15(10-17)21(14)7-2-1-6-20-8-5-18-11-20/h3-5,8-9,11H,1-2,6-7,10H2. The minimum atomic E-state index is 0.438. The minimum Gasteiger partial charge on any atom is -0.337 e. The Morgan fingerprint density at radius 2 is 2.05 bits per heavy atom. The molecule has 0 aliphatic rings. The number of aromatic nitrogens is 4. The molecule has 0 spiro atoms. The van der Waals surface area contributed by atoms with Crippen molar-refractivity contribution in [2.24, 2.45) is 0 Å². The number of aryl methyl sites for hydroxylation is 2. The van der Waals surface area contributed by atoms with Gasteiger partial charge in [-0.1, -0.05) is 15.9 Å². The number of nitrogens with zero attached hydrogens (tertiary/aromatic N) is 4. The molecule has 0 unspecified atom stereocenters. The molecular weight excluding hydrogens is 352 g/mol. The third-order valence-electron chi connectivity index (χ3n) is 3.52. The quantitative estimate of drug-likeness (QED) is 0.483. The van der Waals surface area contributed by atoms with Crippen LogP contribution < -0.4 is 0 Å². The first-order valence-corrected chi connectivity index (χ1v) is 8.27. The summed E-state index contributed by atoms with van der Waals surface area (Å²) in [5.41, 5.74) is 2.14. The highest BCUT2D eigenvalue weighted by Crippen LogP contribution is 2.22. The van der Waals surface area contributed by atoms with Gasteiger partial charge in [0.05, 0.1) is 23.2 Å². The van der Waals surface area contributed by atoms with Gasteiger partial charge in [-0.15, -0.1) is 11.6 Å². The number of benzene rings is 1. The number of imidazole rings is 2. The lowest BCUT2D eigenvalue weighted by Crippen LogP contribution is -2.04. The predicted octanol–water partition coefficient (Wildman–Crippen LogP) is 4.21. The maximum Gasteiger partial charge on any atom is 0.124 e. The molecule has 0 aliphatic heterocycles. The highest BCUT2D eigenvalue weighted by Gasteiger charge is 2.09. The van der Waals surface area contributed by atoms with Gasteiger partial charge >= 0.3 is 0 Å². The van der Waals surface area contributed by atoms with E-state index in [0.717, 1.165) is 47.3 Å². The fourth-order valence-electron chi connectivity index (χ4n) is 2.49. The van der Waals surface area contributed by atoms with Crippen molar-refractivity contribution in [3.8, 4) is 0 Å². The van der Waals surface area contributed by atoms with Crippen molar-refractivity contribution >= 4 is 38.6 Å². The molecule has 110 valence electrons. The molecule has 2 heterocycles. The van der Waals surface area contributed by atoms with Gasteiger partial charge in [-0.3, -0.25) is 0 Å². The molecule has 4 nitrogen and oxygen atoms in total. The Morgan fingerprint density at radius 1 is 1.19 bits per heavy atom. The molecule has 0 fully saturated rings. The Kier molecular flexibility index (Phi) is 4.60. The number of rotatable bonds is 6. The molecule has 0 N–H and O–H groups in total. The molecule has 3 aromatic rings. The van der Waals surface area contributed by atoms with Crippen LogP contribution in [0.1, 0.15) is 18.7 Å². The van der Waals surface area contributed by atoms with Crippen molar-refractivity contribution in [1.82, 2.24) is 19.1 Å². The van der Waals surface area contributed by atoms with Crippen LogP contribution in [0.15, 0.2) is 41.4 Å². The summed E-state index contributed by atoms with van der Waals surface area (Å²) in [5, 5.41) is 0. The third-order valence-corrected chi connectivity index (χ3v) is 4.25. The molecule has 0 radical (unpaired) electrons. The van der Waals surface area contributed by atoms with E-state index in [-0.39, 0.29) is 0 Å². The van der Waals surface area contributed by atoms with E-state index in [1.807, 2.05) is 30.9 Å². The van der Waals surface area contributed by atoms with E-state index in [9.17, 15) is 0 Å². The number of alkyl halides is 1. The topological polar surface area (TPSA) is 35.6 Å². The average Bonchev–Trinajstić information content (AvgIpc) is 3.10. The molecule has 3 rings (SSSR count). The Hall–Kier alpha value is -1.33. The summed E-state index contributed by atoms with van der Waals surface area (Å²) in [6.45, 7) is 1.93. The highest BCUT2D eigenvalue weighted by atomic mass is 79.9. The number of unbranched alkanes of at least 4 members (excludes halogenated alkanes) is 1. The lowest BCUT2D eigenvalue weighted by molar-refractivity contribution is 0.552. The van der Waals surface area contributed by atoms with Crippen LogP contribution in [-0.4, -0.2) is 19.1 Å². The van der Waals surface area contributed by atoms with Crippen molar-refractivity contribution in [3.05, 3.63) is 47.2 Å². The molecule has 0 saturated heterocycles. The van der Waals surface area contributed by atoms with E-state index in [0.29, 0.717) is 5.88 Å². The third kappa shape index (κ3) is 3.30. The monoisotopic (exact) mass is 366 g/mol. The molecule has 0 aliphatic carbocycles. The first-order chi connectivity index (χ1) is 10.3. The van der Waals surface area contributed by atoms with Gasteiger partial charge in [-0.25, -0.2) is 9.97 Å². The summed E-state index contributed by atoms with van der Waals surface area (Å²) in [7, 11) is 0. The zero-order chi connectivity index (χ0) is 14.7. The summed E-state index contributed by atoms with van der Waals surface area (Å²) >= 11 is 9.51. The average molecular weight is 368 g/mol. The molecule has 0 saturated carbocycles. The Balaban J connectivity index is 1.70. The lowest BCUT2D eigenvalue weighted by atomic mass is 10.3. The first-order valence-electron chi connectivity index (χ1n) is 6.94. The molecular formula is C15H16BrClN4. The van der Waals surface area contributed by atoms with E-state index in [2.05, 4.69) is 41.1 Å². The van der Waals surface area contributed by atoms with Gasteiger partial charge in [0.15, 0.2) is 0 Å². The van der Waals surface area contributed by atoms with E-state index in [1.165, 1.54) is 0 Å².